The molecule has 1 aliphatic heterocycles. The van der Waals surface area contributed by atoms with Gasteiger partial charge in [0.1, 0.15) is 18.4 Å². The Bertz CT molecular complexity index is 863. The van der Waals surface area contributed by atoms with E-state index in [1.54, 1.807) is 0 Å². The van der Waals surface area contributed by atoms with Gasteiger partial charge in [0.15, 0.2) is 0 Å². The Labute approximate surface area is 181 Å². The number of nitrogens with two attached hydrogens (primary N) is 1. The largest absolute Gasteiger partial charge is 0.390 e. The van der Waals surface area contributed by atoms with Crippen molar-refractivity contribution >= 4 is 0 Å². The minimum Gasteiger partial charge on any atom is -0.390 e. The van der Waals surface area contributed by atoms with E-state index in [1.807, 2.05) is 0 Å². The fourth-order valence-corrected chi connectivity index (χ4v) is 4.25. The van der Waals surface area contributed by atoms with Crippen molar-refractivity contribution in [3.05, 3.63) is 70.8 Å². The van der Waals surface area contributed by atoms with Crippen LogP contribution in [0.2, 0.25) is 0 Å². The highest BCUT2D eigenvalue weighted by atomic mass is 19.1. The number of rotatable bonds is 8. The van der Waals surface area contributed by atoms with Crippen LogP contribution in [-0.4, -0.2) is 43.8 Å². The molecule has 1 aliphatic carbocycles. The monoisotopic (exact) mass is 432 g/mol. The van der Waals surface area contributed by atoms with Crippen LogP contribution in [0.1, 0.15) is 41.9 Å². The fraction of sp³-hybridized carbons (Fsp3) is 0.500. The number of nitrogens with one attached hydrogen (secondary N) is 1. The Kier molecular flexibility index (Phi) is 6.99. The lowest BCUT2D eigenvalue weighted by Gasteiger charge is -2.25. The second kappa shape index (κ2) is 9.71. The van der Waals surface area contributed by atoms with Crippen LogP contribution in [0.5, 0.6) is 0 Å². The summed E-state index contributed by atoms with van der Waals surface area (Å²) in [5.41, 5.74) is 8.82. The first-order valence-corrected chi connectivity index (χ1v) is 10.8. The maximum atomic E-state index is 13.4. The van der Waals surface area contributed by atoms with Crippen LogP contribution in [0.25, 0.3) is 0 Å². The van der Waals surface area contributed by atoms with Crippen molar-refractivity contribution < 1.29 is 23.4 Å². The SMILES string of the molecule is NC(Cc1cc(F)cc(F)c1)C(O)CNC1(c2cccc(C3CCOCOC3)c2)CC1. The molecule has 2 fully saturated rings. The van der Waals surface area contributed by atoms with E-state index in [1.165, 1.54) is 23.3 Å². The van der Waals surface area contributed by atoms with Crippen LogP contribution in [0.15, 0.2) is 42.5 Å². The van der Waals surface area contributed by atoms with Crippen LogP contribution in [0.3, 0.4) is 0 Å². The van der Waals surface area contributed by atoms with Crippen molar-refractivity contribution in [1.82, 2.24) is 5.32 Å². The molecule has 0 bridgehead atoms. The zero-order chi connectivity index (χ0) is 21.8. The molecule has 3 unspecified atom stereocenters. The van der Waals surface area contributed by atoms with Crippen molar-refractivity contribution in [2.75, 3.05) is 26.6 Å². The quantitative estimate of drug-likeness (QED) is 0.598. The molecule has 3 atom stereocenters. The van der Waals surface area contributed by atoms with E-state index in [0.717, 1.165) is 25.3 Å². The van der Waals surface area contributed by atoms with Crippen molar-refractivity contribution in [1.29, 1.82) is 0 Å². The molecular weight excluding hydrogens is 402 g/mol. The molecule has 2 aromatic rings. The lowest BCUT2D eigenvalue weighted by atomic mass is 9.92. The molecule has 1 saturated heterocycles. The highest BCUT2D eigenvalue weighted by molar-refractivity contribution is 5.35. The molecule has 2 aromatic carbocycles. The number of ether oxygens (including phenoxy) is 2. The van der Waals surface area contributed by atoms with E-state index >= 15 is 0 Å². The molecule has 1 saturated carbocycles. The minimum absolute atomic E-state index is 0.163. The molecule has 7 heteroatoms. The average molecular weight is 433 g/mol. The van der Waals surface area contributed by atoms with Crippen LogP contribution in [0, 0.1) is 11.6 Å². The van der Waals surface area contributed by atoms with Crippen LogP contribution >= 0.6 is 0 Å². The van der Waals surface area contributed by atoms with E-state index in [0.29, 0.717) is 38.0 Å². The maximum absolute atomic E-state index is 13.4. The maximum Gasteiger partial charge on any atom is 0.146 e. The van der Waals surface area contributed by atoms with E-state index < -0.39 is 23.8 Å². The lowest BCUT2D eigenvalue weighted by Crippen LogP contribution is -2.45. The molecule has 4 rings (SSSR count). The summed E-state index contributed by atoms with van der Waals surface area (Å²) in [5, 5.41) is 14.0. The van der Waals surface area contributed by atoms with Crippen LogP contribution < -0.4 is 11.1 Å². The highest BCUT2D eigenvalue weighted by Crippen LogP contribution is 2.46. The Morgan fingerprint density at radius 3 is 2.65 bits per heavy atom. The molecule has 31 heavy (non-hydrogen) atoms. The number of benzene rings is 2. The average Bonchev–Trinajstić information content (AvgIpc) is 3.56. The van der Waals surface area contributed by atoms with Gasteiger partial charge in [-0.2, -0.15) is 0 Å². The molecular formula is C24H30F2N2O3. The van der Waals surface area contributed by atoms with Gasteiger partial charge in [-0.1, -0.05) is 24.3 Å². The van der Waals surface area contributed by atoms with Gasteiger partial charge in [0.05, 0.1) is 19.3 Å². The van der Waals surface area contributed by atoms with Gasteiger partial charge in [-0.25, -0.2) is 8.78 Å². The third-order valence-corrected chi connectivity index (χ3v) is 6.29. The van der Waals surface area contributed by atoms with Crippen molar-refractivity contribution in [3.63, 3.8) is 0 Å². The summed E-state index contributed by atoms with van der Waals surface area (Å²) >= 11 is 0. The van der Waals surface area contributed by atoms with Crippen LogP contribution in [0.4, 0.5) is 8.78 Å². The van der Waals surface area contributed by atoms with Gasteiger partial charge in [0.25, 0.3) is 0 Å². The lowest BCUT2D eigenvalue weighted by molar-refractivity contribution is -0.0330. The van der Waals surface area contributed by atoms with Gasteiger partial charge in [0, 0.05) is 30.1 Å². The molecule has 5 nitrogen and oxygen atoms in total. The number of aliphatic hydroxyl groups is 1. The zero-order valence-corrected chi connectivity index (χ0v) is 17.5. The van der Waals surface area contributed by atoms with Crippen molar-refractivity contribution in [3.8, 4) is 0 Å². The summed E-state index contributed by atoms with van der Waals surface area (Å²) in [6.45, 7) is 2.00. The number of hydrogen-bond donors (Lipinski definition) is 3. The molecule has 168 valence electrons. The number of aliphatic hydroxyl groups excluding tert-OH is 1. The Hall–Kier alpha value is -1.90. The summed E-state index contributed by atoms with van der Waals surface area (Å²) in [4.78, 5) is 0. The van der Waals surface area contributed by atoms with E-state index in [-0.39, 0.29) is 12.0 Å². The van der Waals surface area contributed by atoms with E-state index in [4.69, 9.17) is 15.2 Å². The zero-order valence-electron chi connectivity index (χ0n) is 17.5. The summed E-state index contributed by atoms with van der Waals surface area (Å²) < 4.78 is 37.7. The molecule has 1 heterocycles. The fourth-order valence-electron chi connectivity index (χ4n) is 4.25. The van der Waals surface area contributed by atoms with Crippen molar-refractivity contribution in [2.45, 2.75) is 49.3 Å². The van der Waals surface area contributed by atoms with E-state index in [9.17, 15) is 13.9 Å². The summed E-state index contributed by atoms with van der Waals surface area (Å²) in [7, 11) is 0. The van der Waals surface area contributed by atoms with Crippen LogP contribution in [-0.2, 0) is 21.4 Å². The molecule has 0 amide bonds. The van der Waals surface area contributed by atoms with Gasteiger partial charge in [-0.15, -0.1) is 0 Å². The first-order chi connectivity index (χ1) is 14.9. The molecule has 0 aromatic heterocycles. The van der Waals surface area contributed by atoms with Gasteiger partial charge in [-0.3, -0.25) is 0 Å². The molecule has 4 N–H and O–H groups in total. The first-order valence-electron chi connectivity index (χ1n) is 10.8. The van der Waals surface area contributed by atoms with Gasteiger partial charge in [0.2, 0.25) is 0 Å². The topological polar surface area (TPSA) is 76.7 Å². The minimum atomic E-state index is -0.834. The predicted octanol–water partition coefficient (Wildman–Crippen LogP) is 2.95. The second-order valence-electron chi connectivity index (χ2n) is 8.68. The van der Waals surface area contributed by atoms with Gasteiger partial charge < -0.3 is 25.6 Å². The standard InChI is InChI=1S/C24H30F2N2O3/c25-20-8-16(9-21(26)12-20)10-22(27)23(29)13-28-24(5-6-24)19-3-1-2-17(11-19)18-4-7-30-15-31-14-18/h1-3,8-9,11-12,18,22-23,28-29H,4-7,10,13-15,27H2. The van der Waals surface area contributed by atoms with Gasteiger partial charge >= 0.3 is 0 Å². The van der Waals surface area contributed by atoms with Crippen molar-refractivity contribution in [2.24, 2.45) is 5.73 Å². The second-order valence-corrected chi connectivity index (χ2v) is 8.68. The molecule has 0 radical (unpaired) electrons. The van der Waals surface area contributed by atoms with Gasteiger partial charge in [-0.05, 0) is 54.5 Å². The molecule has 0 spiro atoms. The highest BCUT2D eigenvalue weighted by Gasteiger charge is 2.44. The van der Waals surface area contributed by atoms with E-state index in [2.05, 4.69) is 29.6 Å². The normalized spacial score (nSPS) is 22.5. The third-order valence-electron chi connectivity index (χ3n) is 6.29. The number of halogens is 2. The Morgan fingerprint density at radius 2 is 1.90 bits per heavy atom. The first kappa shape index (κ1) is 22.3. The smallest absolute Gasteiger partial charge is 0.146 e. The summed E-state index contributed by atoms with van der Waals surface area (Å²) in [6, 6.07) is 11.2. The predicted molar refractivity (Wildman–Crippen MR) is 114 cm³/mol. The molecule has 2 aliphatic rings. The Morgan fingerprint density at radius 1 is 1.13 bits per heavy atom. The Balaban J connectivity index is 1.36. The third kappa shape index (κ3) is 5.67. The summed E-state index contributed by atoms with van der Waals surface area (Å²) in [6.07, 6.45) is 2.26. The number of hydrogen-bond acceptors (Lipinski definition) is 5. The summed E-state index contributed by atoms with van der Waals surface area (Å²) in [5.74, 6) is -0.974.